The van der Waals surface area contributed by atoms with Crippen molar-refractivity contribution in [3.63, 3.8) is 0 Å². The van der Waals surface area contributed by atoms with Crippen molar-refractivity contribution in [3.8, 4) is 5.75 Å². The molecule has 0 aliphatic carbocycles. The number of carbonyl (C=O) groups excluding carboxylic acids is 2. The second kappa shape index (κ2) is 9.28. The van der Waals surface area contributed by atoms with E-state index in [2.05, 4.69) is 20.9 Å². The summed E-state index contributed by atoms with van der Waals surface area (Å²) in [6.07, 6.45) is 0. The highest BCUT2D eigenvalue weighted by atomic mass is 79.9. The Morgan fingerprint density at radius 2 is 1.89 bits per heavy atom. The molecule has 0 unspecified atom stereocenters. The van der Waals surface area contributed by atoms with E-state index in [-0.39, 0.29) is 11.3 Å². The van der Waals surface area contributed by atoms with Crippen LogP contribution in [-0.4, -0.2) is 28.4 Å². The largest absolute Gasteiger partial charge is 0.507 e. The average molecular weight is 549 g/mol. The molecule has 5 rings (SSSR count). The van der Waals surface area contributed by atoms with Crippen LogP contribution in [0.15, 0.2) is 76.8 Å². The molecule has 1 aliphatic heterocycles. The smallest absolute Gasteiger partial charge is 0.301 e. The van der Waals surface area contributed by atoms with Gasteiger partial charge in [-0.15, -0.1) is 0 Å². The van der Waals surface area contributed by atoms with Gasteiger partial charge in [0.2, 0.25) is 0 Å². The van der Waals surface area contributed by atoms with E-state index < -0.39 is 17.7 Å². The number of aliphatic hydroxyl groups is 1. The number of ketones is 1. The fourth-order valence-corrected chi connectivity index (χ4v) is 5.68. The second-order valence-electron chi connectivity index (χ2n) is 8.15. The Labute approximate surface area is 214 Å². The number of aromatic nitrogens is 1. The summed E-state index contributed by atoms with van der Waals surface area (Å²) in [7, 11) is 0. The molecule has 6 nitrogen and oxygen atoms in total. The zero-order valence-electron chi connectivity index (χ0n) is 19.0. The second-order valence-corrected chi connectivity index (χ2v) is 10.1. The number of benzene rings is 3. The van der Waals surface area contributed by atoms with Gasteiger partial charge in [-0.2, -0.15) is 0 Å². The molecule has 0 spiro atoms. The standard InChI is InChI=1S/C27H21BrN2O4S/c1-3-34-19-10-8-16(9-11-19)24(31)22-23(17-5-4-6-18(28)14-17)30(26(33)25(22)32)27-29-20-12-7-15(2)13-21(20)35-27/h4-14,23,31H,3H2,1-2H3/b24-22+/t23-/m1/s1. The minimum atomic E-state index is -0.833. The molecule has 1 atom stereocenters. The van der Waals surface area contributed by atoms with E-state index in [4.69, 9.17) is 4.74 Å². The highest BCUT2D eigenvalue weighted by molar-refractivity contribution is 9.10. The van der Waals surface area contributed by atoms with Gasteiger partial charge < -0.3 is 9.84 Å². The van der Waals surface area contributed by atoms with Gasteiger partial charge in [-0.05, 0) is 73.5 Å². The first-order chi connectivity index (χ1) is 16.9. The number of aryl methyl sites for hydroxylation is 1. The summed E-state index contributed by atoms with van der Waals surface area (Å²) >= 11 is 4.83. The van der Waals surface area contributed by atoms with Crippen LogP contribution >= 0.6 is 27.3 Å². The molecule has 3 aromatic carbocycles. The number of Topliss-reactive ketones (excluding diaryl/α,β-unsaturated/α-hetero) is 1. The molecule has 1 aliphatic rings. The van der Waals surface area contributed by atoms with Crippen LogP contribution < -0.4 is 9.64 Å². The molecule has 0 bridgehead atoms. The normalized spacial score (nSPS) is 17.3. The maximum absolute atomic E-state index is 13.4. The first-order valence-corrected chi connectivity index (χ1v) is 12.6. The fraction of sp³-hybridized carbons (Fsp3) is 0.148. The number of hydrogen-bond donors (Lipinski definition) is 1. The Kier molecular flexibility index (Phi) is 6.17. The summed E-state index contributed by atoms with van der Waals surface area (Å²) in [5.41, 5.74) is 2.95. The number of aliphatic hydroxyl groups excluding tert-OH is 1. The van der Waals surface area contributed by atoms with Crippen molar-refractivity contribution in [3.05, 3.63) is 93.5 Å². The van der Waals surface area contributed by atoms with Crippen molar-refractivity contribution >= 4 is 60.1 Å². The summed E-state index contributed by atoms with van der Waals surface area (Å²) in [6, 6.07) is 19.2. The number of rotatable bonds is 5. The maximum Gasteiger partial charge on any atom is 0.301 e. The molecule has 1 aromatic heterocycles. The van der Waals surface area contributed by atoms with Gasteiger partial charge in [0.25, 0.3) is 5.78 Å². The lowest BCUT2D eigenvalue weighted by molar-refractivity contribution is -0.132. The summed E-state index contributed by atoms with van der Waals surface area (Å²) in [5, 5.41) is 11.7. The number of hydrogen-bond acceptors (Lipinski definition) is 6. The third-order valence-electron chi connectivity index (χ3n) is 5.79. The molecule has 1 N–H and O–H groups in total. The fourth-order valence-electron chi connectivity index (χ4n) is 4.18. The van der Waals surface area contributed by atoms with Crippen molar-refractivity contribution in [2.75, 3.05) is 11.5 Å². The van der Waals surface area contributed by atoms with Crippen LogP contribution in [0.1, 0.15) is 29.7 Å². The van der Waals surface area contributed by atoms with Crippen molar-refractivity contribution in [2.45, 2.75) is 19.9 Å². The third-order valence-corrected chi connectivity index (χ3v) is 7.30. The SMILES string of the molecule is CCOc1ccc(/C(O)=C2\C(=O)C(=O)N(c3nc4ccc(C)cc4s3)[C@@H]2c2cccc(Br)c2)cc1. The summed E-state index contributed by atoms with van der Waals surface area (Å²) in [6.45, 7) is 4.39. The van der Waals surface area contributed by atoms with Crippen LogP contribution in [-0.2, 0) is 9.59 Å². The van der Waals surface area contributed by atoms with Gasteiger partial charge in [0.05, 0.1) is 28.4 Å². The number of nitrogens with zero attached hydrogens (tertiary/aromatic N) is 2. The number of carbonyl (C=O) groups is 2. The minimum absolute atomic E-state index is 0.0210. The van der Waals surface area contributed by atoms with Crippen LogP contribution in [0, 0.1) is 6.92 Å². The van der Waals surface area contributed by atoms with E-state index in [0.29, 0.717) is 28.6 Å². The summed E-state index contributed by atoms with van der Waals surface area (Å²) in [4.78, 5) is 32.8. The van der Waals surface area contributed by atoms with Gasteiger partial charge in [0.1, 0.15) is 11.5 Å². The first-order valence-electron chi connectivity index (χ1n) is 11.0. The zero-order chi connectivity index (χ0) is 24.7. The molecule has 0 saturated carbocycles. The topological polar surface area (TPSA) is 79.7 Å². The highest BCUT2D eigenvalue weighted by Gasteiger charge is 2.48. The molecule has 4 aromatic rings. The molecule has 1 fully saturated rings. The first kappa shape index (κ1) is 23.3. The lowest BCUT2D eigenvalue weighted by Gasteiger charge is -2.23. The molecular formula is C27H21BrN2O4S. The Bertz CT molecular complexity index is 1490. The van der Waals surface area contributed by atoms with Gasteiger partial charge in [-0.25, -0.2) is 4.98 Å². The quantitative estimate of drug-likeness (QED) is 0.177. The van der Waals surface area contributed by atoms with Gasteiger partial charge in [-0.3, -0.25) is 14.5 Å². The summed E-state index contributed by atoms with van der Waals surface area (Å²) < 4.78 is 7.19. The zero-order valence-corrected chi connectivity index (χ0v) is 21.4. The summed E-state index contributed by atoms with van der Waals surface area (Å²) in [5.74, 6) is -1.07. The molecule has 1 amide bonds. The van der Waals surface area contributed by atoms with E-state index in [0.717, 1.165) is 20.3 Å². The number of amides is 1. The Morgan fingerprint density at radius 1 is 1.11 bits per heavy atom. The number of thiazole rings is 1. The molecule has 2 heterocycles. The molecule has 176 valence electrons. The monoisotopic (exact) mass is 548 g/mol. The van der Waals surface area contributed by atoms with E-state index >= 15 is 0 Å². The minimum Gasteiger partial charge on any atom is -0.507 e. The van der Waals surface area contributed by atoms with Crippen LogP contribution in [0.25, 0.3) is 16.0 Å². The predicted octanol–water partition coefficient (Wildman–Crippen LogP) is 6.39. The number of halogens is 1. The molecule has 8 heteroatoms. The predicted molar refractivity (Wildman–Crippen MR) is 141 cm³/mol. The molecule has 0 radical (unpaired) electrons. The van der Waals surface area contributed by atoms with Crippen LogP contribution in [0.3, 0.4) is 0 Å². The Hall–Kier alpha value is -3.49. The third kappa shape index (κ3) is 4.24. The van der Waals surface area contributed by atoms with Crippen LogP contribution in [0.2, 0.25) is 0 Å². The average Bonchev–Trinajstić information content (AvgIpc) is 3.37. The Balaban J connectivity index is 1.69. The maximum atomic E-state index is 13.4. The highest BCUT2D eigenvalue weighted by Crippen LogP contribution is 2.44. The van der Waals surface area contributed by atoms with Crippen molar-refractivity contribution < 1.29 is 19.4 Å². The van der Waals surface area contributed by atoms with E-state index in [1.165, 1.54) is 16.2 Å². The molecule has 1 saturated heterocycles. The van der Waals surface area contributed by atoms with Gasteiger partial charge in [-0.1, -0.05) is 45.5 Å². The van der Waals surface area contributed by atoms with E-state index in [9.17, 15) is 14.7 Å². The number of anilines is 1. The lowest BCUT2D eigenvalue weighted by atomic mass is 9.95. The number of ether oxygens (including phenoxy) is 1. The lowest BCUT2D eigenvalue weighted by Crippen LogP contribution is -2.29. The number of fused-ring (bicyclic) bond motifs is 1. The van der Waals surface area contributed by atoms with Crippen LogP contribution in [0.4, 0.5) is 5.13 Å². The van der Waals surface area contributed by atoms with Gasteiger partial charge in [0.15, 0.2) is 5.13 Å². The Morgan fingerprint density at radius 3 is 2.60 bits per heavy atom. The van der Waals surface area contributed by atoms with Crippen molar-refractivity contribution in [1.29, 1.82) is 0 Å². The van der Waals surface area contributed by atoms with Gasteiger partial charge in [0, 0.05) is 10.0 Å². The van der Waals surface area contributed by atoms with Gasteiger partial charge >= 0.3 is 5.91 Å². The van der Waals surface area contributed by atoms with E-state index in [1.54, 1.807) is 24.3 Å². The molecule has 35 heavy (non-hydrogen) atoms. The van der Waals surface area contributed by atoms with Crippen molar-refractivity contribution in [1.82, 2.24) is 4.98 Å². The van der Waals surface area contributed by atoms with Crippen molar-refractivity contribution in [2.24, 2.45) is 0 Å². The van der Waals surface area contributed by atoms with Crippen LogP contribution in [0.5, 0.6) is 5.75 Å². The van der Waals surface area contributed by atoms with E-state index in [1.807, 2.05) is 56.3 Å². The molecular weight excluding hydrogens is 528 g/mol.